The van der Waals surface area contributed by atoms with Gasteiger partial charge in [0.05, 0.1) is 18.6 Å². The second-order valence-corrected chi connectivity index (χ2v) is 14.4. The molecular formula is C40H61N3O3S. The highest BCUT2D eigenvalue weighted by Gasteiger charge is 2.14. The molecule has 3 aromatic rings. The summed E-state index contributed by atoms with van der Waals surface area (Å²) in [5, 5.41) is 12.2. The molecule has 0 aliphatic heterocycles. The standard InChI is InChI=1S/C21H35NOS.C12H12N2O.C7H14O/c1-7-19(6)24-21-9-8-20(14-18(21)5)23-13-11-17(4)15-22-12-10-16(2)3;1-9(15)11-12(14(2)8-13-11)10-6-4-3-5-7-10;8-6-7-4-2-1-3-5-7/h8-9,14,16-17,22H,6-7,10-13,15H2,1-5H3;3-8H,1-2H3;7-8H,1-6H2. The summed E-state index contributed by atoms with van der Waals surface area (Å²) in [5.41, 5.74) is 3.69. The quantitative estimate of drug-likeness (QED) is 0.0958. The predicted octanol–water partition coefficient (Wildman–Crippen LogP) is 9.90. The molecule has 0 spiro atoms. The molecule has 1 aliphatic rings. The molecule has 0 radical (unpaired) electrons. The number of carbonyl (C=O) groups excluding carboxylic acids is 1. The zero-order valence-electron chi connectivity index (χ0n) is 30.2. The number of rotatable bonds is 15. The summed E-state index contributed by atoms with van der Waals surface area (Å²) >= 11 is 1.76. The third-order valence-corrected chi connectivity index (χ3v) is 9.62. The van der Waals surface area contributed by atoms with Crippen molar-refractivity contribution in [3.63, 3.8) is 0 Å². The normalized spacial score (nSPS) is 13.6. The fraction of sp³-hybridized carbons (Fsp3) is 0.550. The van der Waals surface area contributed by atoms with Crippen LogP contribution in [0.2, 0.25) is 0 Å². The minimum Gasteiger partial charge on any atom is -0.494 e. The Bertz CT molecular complexity index is 1320. The maximum atomic E-state index is 11.4. The van der Waals surface area contributed by atoms with E-state index in [1.54, 1.807) is 18.1 Å². The third-order valence-electron chi connectivity index (χ3n) is 8.37. The van der Waals surface area contributed by atoms with Crippen LogP contribution in [0.1, 0.15) is 102 Å². The van der Waals surface area contributed by atoms with Crippen molar-refractivity contribution in [3.8, 4) is 17.0 Å². The Morgan fingerprint density at radius 3 is 2.38 bits per heavy atom. The van der Waals surface area contributed by atoms with Gasteiger partial charge in [0.15, 0.2) is 5.78 Å². The molecule has 0 amide bonds. The molecule has 7 heteroatoms. The molecule has 1 aliphatic carbocycles. The van der Waals surface area contributed by atoms with Crippen molar-refractivity contribution in [2.75, 3.05) is 26.3 Å². The number of thioether (sulfide) groups is 1. The number of aliphatic hydroxyl groups is 1. The molecule has 0 saturated heterocycles. The summed E-state index contributed by atoms with van der Waals surface area (Å²) in [6.07, 6.45) is 11.6. The van der Waals surface area contributed by atoms with Gasteiger partial charge < -0.3 is 19.7 Å². The number of nitrogens with zero attached hydrogens (tertiary/aromatic N) is 2. The Labute approximate surface area is 289 Å². The first-order chi connectivity index (χ1) is 22.5. The molecule has 1 unspecified atom stereocenters. The van der Waals surface area contributed by atoms with Crippen LogP contribution in [0.25, 0.3) is 11.3 Å². The van der Waals surface area contributed by atoms with Gasteiger partial charge in [-0.05, 0) is 98.5 Å². The minimum absolute atomic E-state index is 0.00514. The van der Waals surface area contributed by atoms with Gasteiger partial charge in [0, 0.05) is 31.0 Å². The summed E-state index contributed by atoms with van der Waals surface area (Å²) in [6.45, 7) is 20.1. The SMILES string of the molecule is C=C(CC)Sc1ccc(OCCC(C)CNCCC(C)C)cc1C.CC(=O)c1ncn(C)c1-c1ccccc1.OCC1CCCCC1. The number of aromatic nitrogens is 2. The summed E-state index contributed by atoms with van der Waals surface area (Å²) < 4.78 is 7.80. The maximum absolute atomic E-state index is 11.4. The van der Waals surface area contributed by atoms with Crippen LogP contribution >= 0.6 is 11.8 Å². The monoisotopic (exact) mass is 663 g/mol. The van der Waals surface area contributed by atoms with Crippen molar-refractivity contribution in [1.82, 2.24) is 14.9 Å². The number of benzene rings is 2. The highest BCUT2D eigenvalue weighted by atomic mass is 32.2. The summed E-state index contributed by atoms with van der Waals surface area (Å²) in [7, 11) is 1.89. The Kier molecular flexibility index (Phi) is 19.4. The van der Waals surface area contributed by atoms with E-state index in [1.165, 1.54) is 60.8 Å². The van der Waals surface area contributed by atoms with Crippen LogP contribution in [0.3, 0.4) is 0 Å². The van der Waals surface area contributed by atoms with Crippen LogP contribution < -0.4 is 10.1 Å². The smallest absolute Gasteiger partial charge is 0.180 e. The molecule has 1 fully saturated rings. The van der Waals surface area contributed by atoms with E-state index in [2.05, 4.69) is 69.7 Å². The molecule has 0 bridgehead atoms. The van der Waals surface area contributed by atoms with Gasteiger partial charge in [-0.15, -0.1) is 0 Å². The largest absolute Gasteiger partial charge is 0.494 e. The van der Waals surface area contributed by atoms with Gasteiger partial charge in [-0.3, -0.25) is 4.79 Å². The highest BCUT2D eigenvalue weighted by molar-refractivity contribution is 8.03. The van der Waals surface area contributed by atoms with Gasteiger partial charge in [0.1, 0.15) is 11.4 Å². The fourth-order valence-corrected chi connectivity index (χ4v) is 6.08. The summed E-state index contributed by atoms with van der Waals surface area (Å²) in [6, 6.07) is 16.2. The van der Waals surface area contributed by atoms with E-state index in [-0.39, 0.29) is 5.78 Å². The van der Waals surface area contributed by atoms with E-state index in [0.717, 1.165) is 55.5 Å². The van der Waals surface area contributed by atoms with Gasteiger partial charge in [0.25, 0.3) is 0 Å². The van der Waals surface area contributed by atoms with E-state index in [9.17, 15) is 4.79 Å². The summed E-state index contributed by atoms with van der Waals surface area (Å²) in [4.78, 5) is 18.0. The lowest BCUT2D eigenvalue weighted by Gasteiger charge is -2.18. The number of aliphatic hydroxyl groups excluding tert-OH is 1. The first kappa shape index (κ1) is 40.3. The number of allylic oxidation sites excluding steroid dienone is 1. The number of imidazole rings is 1. The van der Waals surface area contributed by atoms with Crippen LogP contribution in [0.5, 0.6) is 5.75 Å². The molecule has 6 nitrogen and oxygen atoms in total. The highest BCUT2D eigenvalue weighted by Crippen LogP contribution is 2.32. The van der Waals surface area contributed by atoms with Crippen LogP contribution in [-0.2, 0) is 7.05 Å². The average molecular weight is 664 g/mol. The zero-order valence-corrected chi connectivity index (χ0v) is 31.0. The molecule has 1 heterocycles. The lowest BCUT2D eigenvalue weighted by atomic mass is 9.90. The van der Waals surface area contributed by atoms with E-state index in [1.807, 2.05) is 41.9 Å². The lowest BCUT2D eigenvalue weighted by molar-refractivity contribution is 0.101. The second kappa shape index (κ2) is 22.7. The van der Waals surface area contributed by atoms with Crippen molar-refractivity contribution in [2.24, 2.45) is 24.8 Å². The Balaban J connectivity index is 0.000000280. The van der Waals surface area contributed by atoms with Crippen LogP contribution in [0.4, 0.5) is 0 Å². The first-order valence-corrected chi connectivity index (χ1v) is 18.4. The minimum atomic E-state index is -0.00514. The van der Waals surface area contributed by atoms with Crippen molar-refractivity contribution >= 4 is 17.5 Å². The average Bonchev–Trinajstić information content (AvgIpc) is 3.47. The molecule has 1 atom stereocenters. The van der Waals surface area contributed by atoms with Crippen molar-refractivity contribution in [3.05, 3.63) is 77.6 Å². The predicted molar refractivity (Wildman–Crippen MR) is 200 cm³/mol. The lowest BCUT2D eigenvalue weighted by Crippen LogP contribution is -2.24. The molecule has 47 heavy (non-hydrogen) atoms. The topological polar surface area (TPSA) is 76.4 Å². The van der Waals surface area contributed by atoms with Gasteiger partial charge in [-0.25, -0.2) is 4.98 Å². The zero-order chi connectivity index (χ0) is 34.6. The number of ether oxygens (including phenoxy) is 1. The number of hydrogen-bond acceptors (Lipinski definition) is 6. The number of hydrogen-bond donors (Lipinski definition) is 2. The second-order valence-electron chi connectivity index (χ2n) is 13.2. The van der Waals surface area contributed by atoms with Gasteiger partial charge >= 0.3 is 0 Å². The van der Waals surface area contributed by atoms with E-state index < -0.39 is 0 Å². The van der Waals surface area contributed by atoms with Gasteiger partial charge in [-0.1, -0.05) is 95.6 Å². The van der Waals surface area contributed by atoms with E-state index >= 15 is 0 Å². The molecule has 4 rings (SSSR count). The number of aryl methyl sites for hydroxylation is 2. The number of carbonyl (C=O) groups is 1. The molecule has 2 aromatic carbocycles. The Morgan fingerprint density at radius 1 is 1.11 bits per heavy atom. The number of nitrogens with one attached hydrogen (secondary N) is 1. The summed E-state index contributed by atoms with van der Waals surface area (Å²) in [5.74, 6) is 3.02. The number of Topliss-reactive ketones (excluding diaryl/α,β-unsaturated/α-hetero) is 1. The third kappa shape index (κ3) is 15.7. The van der Waals surface area contributed by atoms with E-state index in [4.69, 9.17) is 9.84 Å². The number of ketones is 1. The first-order valence-electron chi connectivity index (χ1n) is 17.5. The van der Waals surface area contributed by atoms with Crippen LogP contribution in [-0.4, -0.2) is 46.7 Å². The fourth-order valence-electron chi connectivity index (χ4n) is 5.27. The van der Waals surface area contributed by atoms with Crippen molar-refractivity contribution in [1.29, 1.82) is 0 Å². The van der Waals surface area contributed by atoms with Gasteiger partial charge in [-0.2, -0.15) is 0 Å². The van der Waals surface area contributed by atoms with Crippen molar-refractivity contribution in [2.45, 2.75) is 97.8 Å². The molecule has 2 N–H and O–H groups in total. The van der Waals surface area contributed by atoms with Crippen LogP contribution in [0.15, 0.2) is 71.2 Å². The maximum Gasteiger partial charge on any atom is 0.180 e. The molecule has 1 saturated carbocycles. The molecule has 1 aromatic heterocycles. The van der Waals surface area contributed by atoms with Crippen LogP contribution in [0, 0.1) is 24.7 Å². The molecular weight excluding hydrogens is 603 g/mol. The Hall–Kier alpha value is -2.87. The van der Waals surface area contributed by atoms with E-state index in [0.29, 0.717) is 24.1 Å². The Morgan fingerprint density at radius 2 is 1.81 bits per heavy atom. The van der Waals surface area contributed by atoms with Crippen molar-refractivity contribution < 1.29 is 14.6 Å². The molecule has 260 valence electrons. The van der Waals surface area contributed by atoms with Gasteiger partial charge in [0.2, 0.25) is 0 Å².